The molecule has 0 saturated carbocycles. The first-order chi connectivity index (χ1) is 18.8. The van der Waals surface area contributed by atoms with Crippen molar-refractivity contribution in [2.45, 2.75) is 79.1 Å². The van der Waals surface area contributed by atoms with Crippen LogP contribution in [-0.2, 0) is 9.53 Å². The third-order valence-electron chi connectivity index (χ3n) is 6.74. The van der Waals surface area contributed by atoms with Gasteiger partial charge in [-0.15, -0.1) is 0 Å². The lowest BCUT2D eigenvalue weighted by atomic mass is 10.0. The van der Waals surface area contributed by atoms with Crippen molar-refractivity contribution in [1.82, 2.24) is 10.3 Å². The number of carbonyl (C=O) groups excluding carboxylic acids is 1. The Morgan fingerprint density at radius 3 is 2.49 bits per heavy atom. The third kappa shape index (κ3) is 10.6. The number of aryl methyl sites for hydroxylation is 1. The molecule has 2 aromatic rings. The number of hydrogen-bond acceptors (Lipinski definition) is 4. The first-order valence-corrected chi connectivity index (χ1v) is 14.1. The smallest absolute Gasteiger partial charge is 0.337 e. The van der Waals surface area contributed by atoms with E-state index < -0.39 is 0 Å². The Labute approximate surface area is 235 Å². The molecule has 208 valence electrons. The van der Waals surface area contributed by atoms with E-state index in [0.717, 1.165) is 64.3 Å². The SMILES string of the molecule is C=CN/C(=C(\C)c1ccc(=C)/c(=C\C(=C/C)C(=O)OCCCCC(=C)CCCCCC)c1)c1cccc(C)n1. The van der Waals surface area contributed by atoms with E-state index in [4.69, 9.17) is 4.74 Å². The molecule has 1 N–H and O–H groups in total. The summed E-state index contributed by atoms with van der Waals surface area (Å²) in [6.45, 7) is 20.7. The fourth-order valence-electron chi connectivity index (χ4n) is 4.35. The number of hydrogen-bond donors (Lipinski definition) is 1. The number of nitrogens with one attached hydrogen (secondary N) is 1. The molecule has 2 rings (SSSR count). The summed E-state index contributed by atoms with van der Waals surface area (Å²) >= 11 is 0. The summed E-state index contributed by atoms with van der Waals surface area (Å²) in [4.78, 5) is 17.5. The maximum atomic E-state index is 12.8. The summed E-state index contributed by atoms with van der Waals surface area (Å²) in [5, 5.41) is 4.95. The van der Waals surface area contributed by atoms with Crippen LogP contribution >= 0.6 is 0 Å². The average molecular weight is 527 g/mol. The summed E-state index contributed by atoms with van der Waals surface area (Å²) in [7, 11) is 0. The largest absolute Gasteiger partial charge is 0.462 e. The van der Waals surface area contributed by atoms with Gasteiger partial charge < -0.3 is 10.1 Å². The lowest BCUT2D eigenvalue weighted by Gasteiger charge is -2.13. The highest BCUT2D eigenvalue weighted by atomic mass is 16.5. The van der Waals surface area contributed by atoms with E-state index in [1.54, 1.807) is 12.3 Å². The first-order valence-electron chi connectivity index (χ1n) is 14.1. The Morgan fingerprint density at radius 2 is 1.82 bits per heavy atom. The molecular weight excluding hydrogens is 480 g/mol. The van der Waals surface area contributed by atoms with Crippen LogP contribution in [0.3, 0.4) is 0 Å². The minimum Gasteiger partial charge on any atom is -0.462 e. The van der Waals surface area contributed by atoms with E-state index in [1.165, 1.54) is 31.3 Å². The summed E-state index contributed by atoms with van der Waals surface area (Å²) < 4.78 is 5.59. The molecule has 0 aliphatic heterocycles. The lowest BCUT2D eigenvalue weighted by molar-refractivity contribution is -0.138. The number of esters is 1. The molecule has 1 aromatic carbocycles. The van der Waals surface area contributed by atoms with Crippen LogP contribution < -0.4 is 15.8 Å². The zero-order valence-electron chi connectivity index (χ0n) is 24.4. The predicted octanol–water partition coefficient (Wildman–Crippen LogP) is 7.39. The number of nitrogens with zero attached hydrogens (tertiary/aromatic N) is 1. The molecule has 0 saturated heterocycles. The number of benzene rings is 1. The minimum absolute atomic E-state index is 0.314. The van der Waals surface area contributed by atoms with Gasteiger partial charge in [-0.3, -0.25) is 4.98 Å². The molecule has 4 nitrogen and oxygen atoms in total. The van der Waals surface area contributed by atoms with Crippen molar-refractivity contribution in [3.8, 4) is 0 Å². The second kappa shape index (κ2) is 17.0. The predicted molar refractivity (Wildman–Crippen MR) is 167 cm³/mol. The van der Waals surface area contributed by atoms with Gasteiger partial charge in [-0.25, -0.2) is 4.79 Å². The van der Waals surface area contributed by atoms with Gasteiger partial charge in [-0.05, 0) is 105 Å². The Hall–Kier alpha value is -3.66. The second-order valence-electron chi connectivity index (χ2n) is 9.97. The van der Waals surface area contributed by atoms with Crippen molar-refractivity contribution < 1.29 is 9.53 Å². The van der Waals surface area contributed by atoms with Crippen LogP contribution in [0.15, 0.2) is 73.0 Å². The molecule has 4 heteroatoms. The van der Waals surface area contributed by atoms with Gasteiger partial charge in [0, 0.05) is 5.69 Å². The Bertz CT molecular complexity index is 1300. The van der Waals surface area contributed by atoms with Crippen LogP contribution in [-0.4, -0.2) is 17.6 Å². The third-order valence-corrected chi connectivity index (χ3v) is 6.74. The number of allylic oxidation sites excluding steroid dienone is 3. The Balaban J connectivity index is 2.10. The lowest BCUT2D eigenvalue weighted by Crippen LogP contribution is -2.24. The molecule has 0 radical (unpaired) electrons. The van der Waals surface area contributed by atoms with Crippen molar-refractivity contribution in [3.63, 3.8) is 0 Å². The Kier molecular flexibility index (Phi) is 13.8. The number of carbonyl (C=O) groups is 1. The van der Waals surface area contributed by atoms with E-state index >= 15 is 0 Å². The van der Waals surface area contributed by atoms with Gasteiger partial charge in [0.1, 0.15) is 0 Å². The monoisotopic (exact) mass is 526 g/mol. The molecule has 1 heterocycles. The molecule has 0 unspecified atom stereocenters. The van der Waals surface area contributed by atoms with Crippen molar-refractivity contribution in [1.29, 1.82) is 0 Å². The highest BCUT2D eigenvalue weighted by Gasteiger charge is 2.11. The molecule has 0 aliphatic rings. The van der Waals surface area contributed by atoms with E-state index in [1.807, 2.05) is 63.2 Å². The Morgan fingerprint density at radius 1 is 1.08 bits per heavy atom. The number of unbranched alkanes of at least 4 members (excludes halogenated alkanes) is 4. The van der Waals surface area contributed by atoms with Gasteiger partial charge in [0.15, 0.2) is 0 Å². The highest BCUT2D eigenvalue weighted by Crippen LogP contribution is 2.22. The summed E-state index contributed by atoms with van der Waals surface area (Å²) in [5.74, 6) is -0.314. The summed E-state index contributed by atoms with van der Waals surface area (Å²) in [6, 6.07) is 12.0. The quantitative estimate of drug-likeness (QED) is 0.107. The van der Waals surface area contributed by atoms with Crippen molar-refractivity contribution in [2.75, 3.05) is 6.61 Å². The maximum Gasteiger partial charge on any atom is 0.337 e. The zero-order chi connectivity index (χ0) is 28.6. The zero-order valence-corrected chi connectivity index (χ0v) is 24.4. The van der Waals surface area contributed by atoms with Crippen LogP contribution in [0.2, 0.25) is 0 Å². The van der Waals surface area contributed by atoms with Crippen LogP contribution in [0.5, 0.6) is 0 Å². The molecule has 0 fully saturated rings. The summed E-state index contributed by atoms with van der Waals surface area (Å²) in [6.07, 6.45) is 14.3. The van der Waals surface area contributed by atoms with Crippen LogP contribution in [0, 0.1) is 6.92 Å². The highest BCUT2D eigenvalue weighted by molar-refractivity contribution is 5.97. The van der Waals surface area contributed by atoms with E-state index in [2.05, 4.69) is 37.0 Å². The normalized spacial score (nSPS) is 12.6. The molecule has 1 aromatic heterocycles. The number of aromatic nitrogens is 1. The summed E-state index contributed by atoms with van der Waals surface area (Å²) in [5.41, 5.74) is 6.49. The van der Waals surface area contributed by atoms with Gasteiger partial charge in [-0.2, -0.15) is 0 Å². The average Bonchev–Trinajstić information content (AvgIpc) is 2.93. The van der Waals surface area contributed by atoms with Crippen LogP contribution in [0.1, 0.15) is 89.1 Å². The standard InChI is InChI=1S/C35H46N2O2/c1-8-11-12-13-17-26(4)18-14-15-23-39-35(38)30(9-2)24-32-25-31(22-21-27(32)5)29(7)34(36-10-3)33-20-16-19-28(6)37-33/h9-10,16,19-22,24-25,36H,3-5,8,11-15,17-18,23H2,1-2,6-7H3/b30-9+,32-24-,34-29+. The molecule has 39 heavy (non-hydrogen) atoms. The van der Waals surface area contributed by atoms with E-state index in [0.29, 0.717) is 12.2 Å². The number of ether oxygens (including phenoxy) is 1. The number of pyridine rings is 1. The van der Waals surface area contributed by atoms with Gasteiger partial charge in [0.05, 0.1) is 23.6 Å². The van der Waals surface area contributed by atoms with Gasteiger partial charge in [0.25, 0.3) is 0 Å². The number of rotatable bonds is 16. The van der Waals surface area contributed by atoms with Gasteiger partial charge >= 0.3 is 5.97 Å². The molecule has 0 spiro atoms. The van der Waals surface area contributed by atoms with Crippen LogP contribution in [0.4, 0.5) is 0 Å². The van der Waals surface area contributed by atoms with E-state index in [-0.39, 0.29) is 5.97 Å². The minimum atomic E-state index is -0.314. The fourth-order valence-corrected chi connectivity index (χ4v) is 4.35. The molecular formula is C35H46N2O2. The van der Waals surface area contributed by atoms with Crippen molar-refractivity contribution >= 4 is 29.9 Å². The fraction of sp³-hybridized carbons (Fsp3) is 0.371. The molecule has 0 amide bonds. The van der Waals surface area contributed by atoms with E-state index in [9.17, 15) is 4.79 Å². The molecule has 0 bridgehead atoms. The van der Waals surface area contributed by atoms with Gasteiger partial charge in [-0.1, -0.05) is 75.8 Å². The van der Waals surface area contributed by atoms with Crippen LogP contribution in [0.25, 0.3) is 23.9 Å². The first kappa shape index (κ1) is 31.6. The van der Waals surface area contributed by atoms with Crippen molar-refractivity contribution in [3.05, 3.63) is 100 Å². The second-order valence-corrected chi connectivity index (χ2v) is 9.97. The molecule has 0 aliphatic carbocycles. The maximum absolute atomic E-state index is 12.8. The molecule has 0 atom stereocenters. The van der Waals surface area contributed by atoms with Gasteiger partial charge in [0.2, 0.25) is 0 Å². The topological polar surface area (TPSA) is 51.2 Å². The van der Waals surface area contributed by atoms with Crippen molar-refractivity contribution in [2.24, 2.45) is 0 Å².